The van der Waals surface area contributed by atoms with Crippen LogP contribution in [0.4, 0.5) is 17.2 Å². The van der Waals surface area contributed by atoms with Crippen molar-refractivity contribution < 1.29 is 9.53 Å². The quantitative estimate of drug-likeness (QED) is 0.863. The number of nitrogens with one attached hydrogen (secondary N) is 1. The fourth-order valence-electron chi connectivity index (χ4n) is 3.90. The first-order valence-corrected chi connectivity index (χ1v) is 10.1. The number of para-hydroxylation sites is 2. The molecular weight excluding hydrogens is 366 g/mol. The minimum absolute atomic E-state index is 0.0117. The zero-order valence-corrected chi connectivity index (χ0v) is 16.4. The summed E-state index contributed by atoms with van der Waals surface area (Å²) in [6, 6.07) is 13.7. The van der Waals surface area contributed by atoms with Gasteiger partial charge in [-0.2, -0.15) is 5.26 Å². The molecule has 2 aliphatic rings. The van der Waals surface area contributed by atoms with E-state index in [0.29, 0.717) is 18.8 Å². The lowest BCUT2D eigenvalue weighted by Crippen LogP contribution is -2.39. The number of piperidine rings is 1. The molecule has 1 N–H and O–H groups in total. The number of hydrogen-bond donors (Lipinski definition) is 1. The van der Waals surface area contributed by atoms with E-state index in [9.17, 15) is 4.79 Å². The topological polar surface area (TPSA) is 81.5 Å². The van der Waals surface area contributed by atoms with Gasteiger partial charge >= 0.3 is 0 Å². The van der Waals surface area contributed by atoms with Gasteiger partial charge in [-0.25, -0.2) is 4.98 Å². The Bertz CT molecular complexity index is 879. The summed E-state index contributed by atoms with van der Waals surface area (Å²) >= 11 is 0. The van der Waals surface area contributed by atoms with E-state index >= 15 is 0 Å². The maximum atomic E-state index is 12.9. The average Bonchev–Trinajstić information content (AvgIpc) is 2.80. The van der Waals surface area contributed by atoms with Crippen molar-refractivity contribution in [2.24, 2.45) is 5.92 Å². The number of pyridine rings is 1. The van der Waals surface area contributed by atoms with Crippen LogP contribution in [0.25, 0.3) is 0 Å². The third kappa shape index (κ3) is 4.49. The first-order valence-electron chi connectivity index (χ1n) is 10.1. The Kier molecular flexibility index (Phi) is 5.92. The molecule has 0 spiro atoms. The first-order chi connectivity index (χ1) is 14.2. The van der Waals surface area contributed by atoms with Crippen LogP contribution in [0, 0.1) is 17.2 Å². The second-order valence-electron chi connectivity index (χ2n) is 7.38. The number of morpholine rings is 1. The maximum Gasteiger partial charge on any atom is 0.227 e. The lowest BCUT2D eigenvalue weighted by molar-refractivity contribution is -0.120. The molecule has 3 heterocycles. The van der Waals surface area contributed by atoms with Gasteiger partial charge in [-0.15, -0.1) is 0 Å². The zero-order valence-electron chi connectivity index (χ0n) is 16.4. The second kappa shape index (κ2) is 8.93. The molecule has 4 rings (SSSR count). The standard InChI is InChI=1S/C22H25N5O2/c23-15-17-5-6-21(24-16-17)27-9-7-18(8-10-27)22(28)25-19-3-1-2-4-20(19)26-11-13-29-14-12-26/h1-6,16,18H,7-14H2,(H,25,28). The SMILES string of the molecule is N#Cc1ccc(N2CCC(C(=O)Nc3ccccc3N3CCOCC3)CC2)nc1. The highest BCUT2D eigenvalue weighted by Crippen LogP contribution is 2.28. The minimum Gasteiger partial charge on any atom is -0.378 e. The highest BCUT2D eigenvalue weighted by Gasteiger charge is 2.26. The Labute approximate surface area is 170 Å². The molecule has 29 heavy (non-hydrogen) atoms. The minimum atomic E-state index is -0.0117. The highest BCUT2D eigenvalue weighted by atomic mass is 16.5. The Balaban J connectivity index is 1.36. The van der Waals surface area contributed by atoms with Gasteiger partial charge in [0.2, 0.25) is 5.91 Å². The number of amides is 1. The summed E-state index contributed by atoms with van der Waals surface area (Å²) in [7, 11) is 0. The summed E-state index contributed by atoms with van der Waals surface area (Å²) < 4.78 is 5.44. The van der Waals surface area contributed by atoms with Crippen LogP contribution < -0.4 is 15.1 Å². The van der Waals surface area contributed by atoms with Gasteiger partial charge in [0.15, 0.2) is 0 Å². The predicted octanol–water partition coefficient (Wildman–Crippen LogP) is 2.64. The van der Waals surface area contributed by atoms with Crippen LogP contribution in [0.2, 0.25) is 0 Å². The highest BCUT2D eigenvalue weighted by molar-refractivity contribution is 5.96. The Morgan fingerprint density at radius 1 is 1.07 bits per heavy atom. The van der Waals surface area contributed by atoms with Crippen molar-refractivity contribution >= 4 is 23.1 Å². The van der Waals surface area contributed by atoms with Crippen molar-refractivity contribution in [2.75, 3.05) is 54.5 Å². The van der Waals surface area contributed by atoms with Crippen molar-refractivity contribution in [2.45, 2.75) is 12.8 Å². The normalized spacial score (nSPS) is 17.6. The van der Waals surface area contributed by atoms with Crippen LogP contribution in [0.3, 0.4) is 0 Å². The fourth-order valence-corrected chi connectivity index (χ4v) is 3.90. The van der Waals surface area contributed by atoms with Gasteiger partial charge in [0.25, 0.3) is 0 Å². The van der Waals surface area contributed by atoms with Crippen molar-refractivity contribution in [1.29, 1.82) is 5.26 Å². The number of hydrogen-bond acceptors (Lipinski definition) is 6. The summed E-state index contributed by atoms with van der Waals surface area (Å²) in [4.78, 5) is 21.7. The van der Waals surface area contributed by atoms with Crippen LogP contribution in [0.15, 0.2) is 42.6 Å². The van der Waals surface area contributed by atoms with E-state index in [1.54, 1.807) is 12.3 Å². The molecule has 2 saturated heterocycles. The van der Waals surface area contributed by atoms with Crippen LogP contribution in [0.5, 0.6) is 0 Å². The fraction of sp³-hybridized carbons (Fsp3) is 0.409. The summed E-state index contributed by atoms with van der Waals surface area (Å²) in [6.45, 7) is 4.66. The Morgan fingerprint density at radius 2 is 1.83 bits per heavy atom. The summed E-state index contributed by atoms with van der Waals surface area (Å²) in [5.41, 5.74) is 2.49. The number of carbonyl (C=O) groups excluding carboxylic acids is 1. The van der Waals surface area contributed by atoms with Crippen molar-refractivity contribution in [1.82, 2.24) is 4.98 Å². The van der Waals surface area contributed by atoms with Crippen molar-refractivity contribution in [3.05, 3.63) is 48.2 Å². The summed E-state index contributed by atoms with van der Waals surface area (Å²) in [5.74, 6) is 0.932. The zero-order chi connectivity index (χ0) is 20.1. The van der Waals surface area contributed by atoms with Crippen LogP contribution in [-0.4, -0.2) is 50.3 Å². The van der Waals surface area contributed by atoms with Gasteiger partial charge in [0.1, 0.15) is 11.9 Å². The molecule has 150 valence electrons. The molecule has 0 aliphatic carbocycles. The number of ether oxygens (including phenoxy) is 1. The number of nitriles is 1. The van der Waals surface area contributed by atoms with Gasteiger partial charge in [-0.1, -0.05) is 12.1 Å². The van der Waals surface area contributed by atoms with E-state index in [4.69, 9.17) is 10.00 Å². The van der Waals surface area contributed by atoms with E-state index in [1.165, 1.54) is 0 Å². The molecule has 7 heteroatoms. The third-order valence-electron chi connectivity index (χ3n) is 5.58. The maximum absolute atomic E-state index is 12.9. The monoisotopic (exact) mass is 391 g/mol. The van der Waals surface area contributed by atoms with Crippen LogP contribution in [0.1, 0.15) is 18.4 Å². The molecule has 0 saturated carbocycles. The van der Waals surface area contributed by atoms with E-state index in [0.717, 1.165) is 56.2 Å². The summed E-state index contributed by atoms with van der Waals surface area (Å²) in [5, 5.41) is 12.1. The second-order valence-corrected chi connectivity index (χ2v) is 7.38. The van der Waals surface area contributed by atoms with E-state index < -0.39 is 0 Å². The average molecular weight is 391 g/mol. The number of benzene rings is 1. The van der Waals surface area contributed by atoms with Crippen LogP contribution >= 0.6 is 0 Å². The molecule has 0 radical (unpaired) electrons. The molecule has 1 aromatic heterocycles. The lowest BCUT2D eigenvalue weighted by Gasteiger charge is -2.33. The number of carbonyl (C=O) groups is 1. The van der Waals surface area contributed by atoms with Gasteiger partial charge < -0.3 is 19.9 Å². The smallest absolute Gasteiger partial charge is 0.227 e. The molecule has 1 amide bonds. The van der Waals surface area contributed by atoms with E-state index in [-0.39, 0.29) is 11.8 Å². The number of nitrogens with zero attached hydrogens (tertiary/aromatic N) is 4. The summed E-state index contributed by atoms with van der Waals surface area (Å²) in [6.07, 6.45) is 3.16. The molecule has 2 aromatic rings. The molecule has 2 fully saturated rings. The number of aromatic nitrogens is 1. The van der Waals surface area contributed by atoms with Gasteiger partial charge in [-0.3, -0.25) is 4.79 Å². The number of anilines is 3. The Hall–Kier alpha value is -3.11. The third-order valence-corrected chi connectivity index (χ3v) is 5.58. The molecule has 0 bridgehead atoms. The molecule has 1 aromatic carbocycles. The Morgan fingerprint density at radius 3 is 2.52 bits per heavy atom. The van der Waals surface area contributed by atoms with E-state index in [1.807, 2.05) is 24.3 Å². The predicted molar refractivity (Wildman–Crippen MR) is 112 cm³/mol. The lowest BCUT2D eigenvalue weighted by atomic mass is 9.95. The first kappa shape index (κ1) is 19.2. The molecule has 0 unspecified atom stereocenters. The van der Waals surface area contributed by atoms with E-state index in [2.05, 4.69) is 32.2 Å². The van der Waals surface area contributed by atoms with Crippen molar-refractivity contribution in [3.8, 4) is 6.07 Å². The van der Waals surface area contributed by atoms with Gasteiger partial charge in [-0.05, 0) is 37.1 Å². The molecular formula is C22H25N5O2. The molecule has 2 aliphatic heterocycles. The van der Waals surface area contributed by atoms with Crippen LogP contribution in [-0.2, 0) is 9.53 Å². The van der Waals surface area contributed by atoms with Crippen molar-refractivity contribution in [3.63, 3.8) is 0 Å². The molecule has 0 atom stereocenters. The molecule has 7 nitrogen and oxygen atoms in total. The largest absolute Gasteiger partial charge is 0.378 e. The number of rotatable bonds is 4. The van der Waals surface area contributed by atoms with Gasteiger partial charge in [0, 0.05) is 38.3 Å². The van der Waals surface area contributed by atoms with Gasteiger partial charge in [0.05, 0.1) is 30.2 Å².